The van der Waals surface area contributed by atoms with Crippen molar-refractivity contribution < 1.29 is 9.53 Å². The van der Waals surface area contributed by atoms with Gasteiger partial charge < -0.3 is 4.74 Å². The van der Waals surface area contributed by atoms with Crippen LogP contribution in [0, 0.1) is 17.3 Å². The number of esters is 1. The van der Waals surface area contributed by atoms with Gasteiger partial charge in [0.05, 0.1) is 0 Å². The second kappa shape index (κ2) is 16.1. The van der Waals surface area contributed by atoms with E-state index in [-0.39, 0.29) is 11.6 Å². The van der Waals surface area contributed by atoms with Crippen molar-refractivity contribution in [2.75, 3.05) is 0 Å². The molecule has 0 aromatic heterocycles. The minimum Gasteiger partial charge on any atom is -0.459 e. The third-order valence-electron chi connectivity index (χ3n) is 9.51. The lowest BCUT2D eigenvalue weighted by Gasteiger charge is -2.51. The molecule has 0 heterocycles. The summed E-state index contributed by atoms with van der Waals surface area (Å²) in [6, 6.07) is 0. The van der Waals surface area contributed by atoms with E-state index in [1.807, 2.05) is 0 Å². The minimum atomic E-state index is -0.356. The van der Waals surface area contributed by atoms with Crippen molar-refractivity contribution in [3.8, 4) is 0 Å². The summed E-state index contributed by atoms with van der Waals surface area (Å²) >= 11 is 0. The summed E-state index contributed by atoms with van der Waals surface area (Å²) in [5.41, 5.74) is 1.52. The van der Waals surface area contributed by atoms with E-state index in [4.69, 9.17) is 4.74 Å². The highest BCUT2D eigenvalue weighted by Crippen LogP contribution is 2.55. The van der Waals surface area contributed by atoms with Gasteiger partial charge in [-0.1, -0.05) is 116 Å². The standard InChI is InChI=1S/C33H60O2/c1-6-7-8-9-10-11-12-13-14-15-16-17-18-19-20-23-31(34)35-32(3,4)29-24-26-33(5)25-21-22-28(2)30(33)27-29/h29-30H,2,6-27H2,1,3-5H3/t29-,30+,33-/m1/s1. The highest BCUT2D eigenvalue weighted by Gasteiger charge is 2.47. The Hall–Kier alpha value is -0.790. The lowest BCUT2D eigenvalue weighted by Crippen LogP contribution is -2.45. The normalized spacial score (nSPS) is 24.9. The van der Waals surface area contributed by atoms with Gasteiger partial charge in [0, 0.05) is 6.42 Å². The number of hydrogen-bond acceptors (Lipinski definition) is 2. The molecular weight excluding hydrogens is 428 g/mol. The number of ether oxygens (including phenoxy) is 1. The summed E-state index contributed by atoms with van der Waals surface area (Å²) in [7, 11) is 0. The molecule has 2 fully saturated rings. The zero-order valence-corrected chi connectivity index (χ0v) is 24.2. The molecule has 2 nitrogen and oxygen atoms in total. The topological polar surface area (TPSA) is 26.3 Å². The average molecular weight is 489 g/mol. The van der Waals surface area contributed by atoms with Gasteiger partial charge in [0.25, 0.3) is 0 Å². The number of carbonyl (C=O) groups is 1. The van der Waals surface area contributed by atoms with Crippen LogP contribution >= 0.6 is 0 Å². The molecule has 0 radical (unpaired) electrons. The molecule has 2 aliphatic carbocycles. The summed E-state index contributed by atoms with van der Waals surface area (Å²) in [5, 5.41) is 0. The van der Waals surface area contributed by atoms with Crippen LogP contribution in [0.2, 0.25) is 0 Å². The number of rotatable bonds is 18. The third kappa shape index (κ3) is 11.0. The largest absolute Gasteiger partial charge is 0.459 e. The molecular formula is C33H60O2. The maximum atomic E-state index is 12.6. The lowest BCUT2D eigenvalue weighted by molar-refractivity contribution is -0.165. The van der Waals surface area contributed by atoms with E-state index in [1.165, 1.54) is 121 Å². The van der Waals surface area contributed by atoms with Gasteiger partial charge in [-0.15, -0.1) is 0 Å². The van der Waals surface area contributed by atoms with E-state index in [0.29, 0.717) is 23.7 Å². The van der Waals surface area contributed by atoms with E-state index in [0.717, 1.165) is 19.3 Å². The van der Waals surface area contributed by atoms with Gasteiger partial charge in [0.15, 0.2) is 0 Å². The highest BCUT2D eigenvalue weighted by molar-refractivity contribution is 5.69. The van der Waals surface area contributed by atoms with Gasteiger partial charge in [-0.3, -0.25) is 4.79 Å². The molecule has 3 atom stereocenters. The predicted octanol–water partition coefficient (Wildman–Crippen LogP) is 10.7. The van der Waals surface area contributed by atoms with Gasteiger partial charge in [-0.2, -0.15) is 0 Å². The Labute approximate surface area is 219 Å². The maximum absolute atomic E-state index is 12.6. The zero-order chi connectivity index (χ0) is 25.6. The molecule has 35 heavy (non-hydrogen) atoms. The summed E-state index contributed by atoms with van der Waals surface area (Å²) < 4.78 is 6.08. The number of unbranched alkanes of at least 4 members (excludes halogenated alkanes) is 14. The third-order valence-corrected chi connectivity index (χ3v) is 9.51. The number of hydrogen-bond donors (Lipinski definition) is 0. The fourth-order valence-corrected chi connectivity index (χ4v) is 6.92. The van der Waals surface area contributed by atoms with Crippen LogP contribution < -0.4 is 0 Å². The summed E-state index contributed by atoms with van der Waals surface area (Å²) in [6.45, 7) is 13.5. The van der Waals surface area contributed by atoms with Crippen LogP contribution in [0.5, 0.6) is 0 Å². The Morgan fingerprint density at radius 1 is 0.886 bits per heavy atom. The monoisotopic (exact) mass is 488 g/mol. The molecule has 2 saturated carbocycles. The second-order valence-electron chi connectivity index (χ2n) is 13.0. The Morgan fingerprint density at radius 3 is 1.94 bits per heavy atom. The van der Waals surface area contributed by atoms with Crippen molar-refractivity contribution >= 4 is 5.97 Å². The molecule has 2 heteroatoms. The molecule has 0 saturated heterocycles. The van der Waals surface area contributed by atoms with Crippen LogP contribution in [0.4, 0.5) is 0 Å². The van der Waals surface area contributed by atoms with Gasteiger partial charge >= 0.3 is 5.97 Å². The van der Waals surface area contributed by atoms with Gasteiger partial charge in [0.1, 0.15) is 5.60 Å². The number of carbonyl (C=O) groups excluding carboxylic acids is 1. The van der Waals surface area contributed by atoms with Crippen LogP contribution in [0.3, 0.4) is 0 Å². The first-order chi connectivity index (χ1) is 16.8. The zero-order valence-electron chi connectivity index (χ0n) is 24.2. The van der Waals surface area contributed by atoms with Crippen LogP contribution in [-0.4, -0.2) is 11.6 Å². The quantitative estimate of drug-likeness (QED) is 0.109. The SMILES string of the molecule is C=C1CCC[C@]2(C)CC[C@@H](C(C)(C)OC(=O)CCCCCCCCCCCCCCCCC)C[C@@H]12. The smallest absolute Gasteiger partial charge is 0.306 e. The van der Waals surface area contributed by atoms with E-state index in [2.05, 4.69) is 34.3 Å². The first-order valence-electron chi connectivity index (χ1n) is 15.7. The van der Waals surface area contributed by atoms with Gasteiger partial charge in [-0.25, -0.2) is 0 Å². The fourth-order valence-electron chi connectivity index (χ4n) is 6.92. The average Bonchev–Trinajstić information content (AvgIpc) is 2.81. The van der Waals surface area contributed by atoms with Crippen molar-refractivity contribution in [2.45, 2.75) is 175 Å². The van der Waals surface area contributed by atoms with Crippen molar-refractivity contribution in [3.05, 3.63) is 12.2 Å². The van der Waals surface area contributed by atoms with Crippen molar-refractivity contribution in [1.29, 1.82) is 0 Å². The molecule has 0 aliphatic heterocycles. The van der Waals surface area contributed by atoms with Crippen molar-refractivity contribution in [1.82, 2.24) is 0 Å². The summed E-state index contributed by atoms with van der Waals surface area (Å²) in [6.07, 6.45) is 28.2. The lowest BCUT2D eigenvalue weighted by atomic mass is 9.55. The van der Waals surface area contributed by atoms with Crippen molar-refractivity contribution in [3.63, 3.8) is 0 Å². The minimum absolute atomic E-state index is 0.0144. The predicted molar refractivity (Wildman–Crippen MR) is 152 cm³/mol. The molecule has 0 amide bonds. The van der Waals surface area contributed by atoms with Crippen molar-refractivity contribution in [2.24, 2.45) is 17.3 Å². The molecule has 204 valence electrons. The molecule has 0 unspecified atom stereocenters. The summed E-state index contributed by atoms with van der Waals surface area (Å²) in [4.78, 5) is 12.6. The molecule has 0 aromatic carbocycles. The summed E-state index contributed by atoms with van der Waals surface area (Å²) in [5.74, 6) is 1.09. The number of allylic oxidation sites excluding steroid dienone is 1. The maximum Gasteiger partial charge on any atom is 0.306 e. The van der Waals surface area contributed by atoms with E-state index >= 15 is 0 Å². The Bertz CT molecular complexity index is 606. The molecule has 2 rings (SSSR count). The highest BCUT2D eigenvalue weighted by atomic mass is 16.6. The molecule has 0 spiro atoms. The van der Waals surface area contributed by atoms with E-state index < -0.39 is 0 Å². The molecule has 0 N–H and O–H groups in total. The van der Waals surface area contributed by atoms with E-state index in [1.54, 1.807) is 0 Å². The van der Waals surface area contributed by atoms with Crippen LogP contribution in [0.15, 0.2) is 12.2 Å². The Morgan fingerprint density at radius 2 is 1.40 bits per heavy atom. The second-order valence-corrected chi connectivity index (χ2v) is 13.0. The van der Waals surface area contributed by atoms with Crippen LogP contribution in [-0.2, 0) is 9.53 Å². The Balaban J connectivity index is 1.48. The molecule has 2 aliphatic rings. The van der Waals surface area contributed by atoms with Gasteiger partial charge in [-0.05, 0) is 76.0 Å². The Kier molecular flexibility index (Phi) is 14.0. The first kappa shape index (κ1) is 30.4. The number of fused-ring (bicyclic) bond motifs is 1. The van der Waals surface area contributed by atoms with Crippen LogP contribution in [0.1, 0.15) is 169 Å². The van der Waals surface area contributed by atoms with E-state index in [9.17, 15) is 4.79 Å². The van der Waals surface area contributed by atoms with Crippen LogP contribution in [0.25, 0.3) is 0 Å². The molecule has 0 aromatic rings. The molecule has 0 bridgehead atoms. The van der Waals surface area contributed by atoms with Gasteiger partial charge in [0.2, 0.25) is 0 Å². The fraction of sp³-hybridized carbons (Fsp3) is 0.909. The first-order valence-corrected chi connectivity index (χ1v) is 15.7.